The van der Waals surface area contributed by atoms with Crippen LogP contribution in [-0.2, 0) is 4.74 Å². The third-order valence-corrected chi connectivity index (χ3v) is 4.82. The van der Waals surface area contributed by atoms with Crippen LogP contribution in [0.5, 0.6) is 0 Å². The van der Waals surface area contributed by atoms with Crippen LogP contribution < -0.4 is 5.32 Å². The third-order valence-electron chi connectivity index (χ3n) is 3.95. The molecule has 4 nitrogen and oxygen atoms in total. The Morgan fingerprint density at radius 3 is 2.43 bits per heavy atom. The van der Waals surface area contributed by atoms with Crippen LogP contribution in [0.1, 0.15) is 52.1 Å². The molecule has 1 aromatic heterocycles. The second-order valence-electron chi connectivity index (χ2n) is 5.67. The quantitative estimate of drug-likeness (QED) is 0.841. The van der Waals surface area contributed by atoms with Gasteiger partial charge in [-0.25, -0.2) is 4.79 Å². The SMILES string of the molecule is O=C(OC1CCCCC1)c1ccc(NC(=O)c2cccs2)cc1. The maximum atomic E-state index is 12.1. The number of hydrogen-bond donors (Lipinski definition) is 1. The molecule has 0 atom stereocenters. The molecule has 120 valence electrons. The first-order chi connectivity index (χ1) is 11.2. The number of hydrogen-bond acceptors (Lipinski definition) is 4. The first-order valence-electron chi connectivity index (χ1n) is 7.88. The van der Waals surface area contributed by atoms with Crippen LogP contribution in [0.25, 0.3) is 0 Å². The lowest BCUT2D eigenvalue weighted by molar-refractivity contribution is 0.0211. The number of anilines is 1. The molecule has 3 rings (SSSR count). The van der Waals surface area contributed by atoms with E-state index in [9.17, 15) is 9.59 Å². The van der Waals surface area contributed by atoms with Crippen molar-refractivity contribution in [2.24, 2.45) is 0 Å². The highest BCUT2D eigenvalue weighted by molar-refractivity contribution is 7.12. The predicted molar refractivity (Wildman–Crippen MR) is 91.0 cm³/mol. The molecule has 1 amide bonds. The predicted octanol–water partition coefficient (Wildman–Crippen LogP) is 4.49. The number of nitrogens with one attached hydrogen (secondary N) is 1. The number of amides is 1. The molecule has 1 heterocycles. The van der Waals surface area contributed by atoms with Gasteiger partial charge in [0.1, 0.15) is 6.10 Å². The van der Waals surface area contributed by atoms with Crippen LogP contribution >= 0.6 is 11.3 Å². The van der Waals surface area contributed by atoms with Crippen molar-refractivity contribution in [3.05, 3.63) is 52.2 Å². The van der Waals surface area contributed by atoms with Crippen molar-refractivity contribution in [3.63, 3.8) is 0 Å². The normalized spacial score (nSPS) is 15.1. The molecule has 0 radical (unpaired) electrons. The third kappa shape index (κ3) is 4.20. The van der Waals surface area contributed by atoms with Crippen molar-refractivity contribution in [2.45, 2.75) is 38.2 Å². The molecule has 0 aliphatic heterocycles. The van der Waals surface area contributed by atoms with Gasteiger partial charge in [0, 0.05) is 5.69 Å². The maximum absolute atomic E-state index is 12.1. The molecule has 1 aliphatic rings. The Morgan fingerprint density at radius 2 is 1.78 bits per heavy atom. The summed E-state index contributed by atoms with van der Waals surface area (Å²) in [6, 6.07) is 10.4. The molecule has 1 aliphatic carbocycles. The zero-order valence-corrected chi connectivity index (χ0v) is 13.6. The Hall–Kier alpha value is -2.14. The van der Waals surface area contributed by atoms with Crippen LogP contribution in [0.2, 0.25) is 0 Å². The summed E-state index contributed by atoms with van der Waals surface area (Å²) in [5.74, 6) is -0.425. The molecule has 0 saturated heterocycles. The average Bonchev–Trinajstić information content (AvgIpc) is 3.11. The van der Waals surface area contributed by atoms with Gasteiger partial charge in [0.2, 0.25) is 0 Å². The fourth-order valence-electron chi connectivity index (χ4n) is 2.69. The summed E-state index contributed by atoms with van der Waals surface area (Å²) in [6.45, 7) is 0. The second kappa shape index (κ2) is 7.42. The minimum absolute atomic E-state index is 0.0504. The highest BCUT2D eigenvalue weighted by Gasteiger charge is 2.18. The molecule has 0 bridgehead atoms. The standard InChI is InChI=1S/C18H19NO3S/c20-17(16-7-4-12-23-16)19-14-10-8-13(9-11-14)18(21)22-15-5-2-1-3-6-15/h4,7-12,15H,1-3,5-6H2,(H,19,20). The first kappa shape index (κ1) is 15.7. The van der Waals surface area contributed by atoms with Gasteiger partial charge in [-0.3, -0.25) is 4.79 Å². The van der Waals surface area contributed by atoms with Crippen molar-refractivity contribution in [3.8, 4) is 0 Å². The lowest BCUT2D eigenvalue weighted by Crippen LogP contribution is -2.20. The Bertz CT molecular complexity index is 658. The number of benzene rings is 1. The van der Waals surface area contributed by atoms with E-state index >= 15 is 0 Å². The van der Waals surface area contributed by atoms with E-state index in [1.807, 2.05) is 11.4 Å². The molecule has 0 spiro atoms. The van der Waals surface area contributed by atoms with E-state index in [1.54, 1.807) is 30.3 Å². The van der Waals surface area contributed by atoms with Crippen molar-refractivity contribution in [1.82, 2.24) is 0 Å². The van der Waals surface area contributed by atoms with Crippen molar-refractivity contribution >= 4 is 28.9 Å². The Kier molecular flexibility index (Phi) is 5.08. The molecule has 1 N–H and O–H groups in total. The van der Waals surface area contributed by atoms with E-state index < -0.39 is 0 Å². The van der Waals surface area contributed by atoms with Crippen molar-refractivity contribution in [2.75, 3.05) is 5.32 Å². The van der Waals surface area contributed by atoms with Gasteiger partial charge in [-0.2, -0.15) is 0 Å². The average molecular weight is 329 g/mol. The van der Waals surface area contributed by atoms with Crippen LogP contribution in [0.15, 0.2) is 41.8 Å². The van der Waals surface area contributed by atoms with Crippen molar-refractivity contribution in [1.29, 1.82) is 0 Å². The van der Waals surface area contributed by atoms with Gasteiger partial charge in [0.15, 0.2) is 0 Å². The van der Waals surface area contributed by atoms with Gasteiger partial charge >= 0.3 is 5.97 Å². The van der Waals surface area contributed by atoms with E-state index in [0.717, 1.165) is 25.7 Å². The first-order valence-corrected chi connectivity index (χ1v) is 8.76. The lowest BCUT2D eigenvalue weighted by Gasteiger charge is -2.21. The number of ether oxygens (including phenoxy) is 1. The molecule has 0 unspecified atom stereocenters. The largest absolute Gasteiger partial charge is 0.459 e. The van der Waals surface area contributed by atoms with E-state index in [1.165, 1.54) is 17.8 Å². The Morgan fingerprint density at radius 1 is 1.04 bits per heavy atom. The summed E-state index contributed by atoms with van der Waals surface area (Å²) in [5.41, 5.74) is 1.18. The van der Waals surface area contributed by atoms with E-state index in [4.69, 9.17) is 4.74 Å². The van der Waals surface area contributed by atoms with Crippen LogP contribution in [0.3, 0.4) is 0 Å². The van der Waals surface area contributed by atoms with E-state index in [2.05, 4.69) is 5.32 Å². The number of rotatable bonds is 4. The minimum Gasteiger partial charge on any atom is -0.459 e. The van der Waals surface area contributed by atoms with Gasteiger partial charge in [0.25, 0.3) is 5.91 Å². The summed E-state index contributed by atoms with van der Waals surface area (Å²) >= 11 is 1.39. The van der Waals surface area contributed by atoms with Crippen LogP contribution in [0, 0.1) is 0 Å². The maximum Gasteiger partial charge on any atom is 0.338 e. The van der Waals surface area contributed by atoms with E-state index in [0.29, 0.717) is 16.1 Å². The fraction of sp³-hybridized carbons (Fsp3) is 0.333. The molecular weight excluding hydrogens is 310 g/mol. The number of esters is 1. The molecule has 1 saturated carbocycles. The molecule has 2 aromatic rings. The van der Waals surface area contributed by atoms with Crippen LogP contribution in [0.4, 0.5) is 5.69 Å². The Balaban J connectivity index is 1.58. The summed E-state index contributed by atoms with van der Waals surface area (Å²) in [4.78, 5) is 24.7. The molecule has 5 heteroatoms. The number of thiophene rings is 1. The molecule has 1 fully saturated rings. The highest BCUT2D eigenvalue weighted by Crippen LogP contribution is 2.22. The number of carbonyl (C=O) groups is 2. The zero-order chi connectivity index (χ0) is 16.1. The zero-order valence-electron chi connectivity index (χ0n) is 12.8. The van der Waals surface area contributed by atoms with Gasteiger partial charge in [-0.15, -0.1) is 11.3 Å². The fourth-order valence-corrected chi connectivity index (χ4v) is 3.31. The summed E-state index contributed by atoms with van der Waals surface area (Å²) in [5, 5.41) is 4.67. The van der Waals surface area contributed by atoms with Gasteiger partial charge < -0.3 is 10.1 Å². The van der Waals surface area contributed by atoms with Gasteiger partial charge in [-0.05, 0) is 61.4 Å². The second-order valence-corrected chi connectivity index (χ2v) is 6.62. The Labute approximate surface area is 139 Å². The topological polar surface area (TPSA) is 55.4 Å². The van der Waals surface area contributed by atoms with Gasteiger partial charge in [-0.1, -0.05) is 12.5 Å². The molecule has 23 heavy (non-hydrogen) atoms. The van der Waals surface area contributed by atoms with Crippen LogP contribution in [-0.4, -0.2) is 18.0 Å². The highest BCUT2D eigenvalue weighted by atomic mass is 32.1. The summed E-state index contributed by atoms with van der Waals surface area (Å²) in [6.07, 6.45) is 5.46. The number of carbonyl (C=O) groups excluding carboxylic acids is 2. The lowest BCUT2D eigenvalue weighted by atomic mass is 9.98. The molecule has 1 aromatic carbocycles. The van der Waals surface area contributed by atoms with E-state index in [-0.39, 0.29) is 18.0 Å². The van der Waals surface area contributed by atoms with Gasteiger partial charge in [0.05, 0.1) is 10.4 Å². The minimum atomic E-state index is -0.284. The smallest absolute Gasteiger partial charge is 0.338 e. The monoisotopic (exact) mass is 329 g/mol. The molecular formula is C18H19NO3S. The van der Waals surface area contributed by atoms with Crippen molar-refractivity contribution < 1.29 is 14.3 Å². The summed E-state index contributed by atoms with van der Waals surface area (Å²) in [7, 11) is 0. The summed E-state index contributed by atoms with van der Waals surface area (Å²) < 4.78 is 5.53.